The maximum atomic E-state index is 11.8. The van der Waals surface area contributed by atoms with Gasteiger partial charge in [0.1, 0.15) is 5.82 Å². The summed E-state index contributed by atoms with van der Waals surface area (Å²) in [6.45, 7) is 0.972. The molecule has 1 aromatic heterocycles. The predicted octanol–water partition coefficient (Wildman–Crippen LogP) is 0.900. The molecule has 1 heterocycles. The number of hydrogen-bond acceptors (Lipinski definition) is 3. The second-order valence-corrected chi connectivity index (χ2v) is 4.65. The molecule has 0 aromatic carbocycles. The monoisotopic (exact) mass is 236 g/mol. The van der Waals surface area contributed by atoms with E-state index in [0.29, 0.717) is 19.1 Å². The lowest BCUT2D eigenvalue weighted by atomic mass is 10.2. The Morgan fingerprint density at radius 1 is 1.59 bits per heavy atom. The average molecular weight is 236 g/mol. The van der Waals surface area contributed by atoms with Crippen LogP contribution < -0.4 is 5.32 Å². The molecule has 0 aliphatic heterocycles. The number of aromatic nitrogens is 2. The maximum Gasteiger partial charge on any atom is 0.236 e. The molecule has 1 saturated carbocycles. The number of likely N-dealkylation sites (N-methyl/N-ethyl adjacent to an activating group) is 1. The first-order valence-electron chi connectivity index (χ1n) is 6.21. The molecule has 0 unspecified atom stereocenters. The van der Waals surface area contributed by atoms with Gasteiger partial charge in [0, 0.05) is 25.5 Å². The fourth-order valence-corrected chi connectivity index (χ4v) is 2.19. The molecule has 0 radical (unpaired) electrons. The summed E-state index contributed by atoms with van der Waals surface area (Å²) >= 11 is 0. The van der Waals surface area contributed by atoms with E-state index in [0.717, 1.165) is 5.82 Å². The topological polar surface area (TPSA) is 61.0 Å². The largest absolute Gasteiger partial charge is 0.347 e. The lowest BCUT2D eigenvalue weighted by Gasteiger charge is -2.18. The van der Waals surface area contributed by atoms with Crippen LogP contribution in [0.2, 0.25) is 0 Å². The van der Waals surface area contributed by atoms with E-state index in [4.69, 9.17) is 0 Å². The van der Waals surface area contributed by atoms with Crippen molar-refractivity contribution in [1.82, 2.24) is 20.2 Å². The first-order chi connectivity index (χ1) is 8.25. The van der Waals surface area contributed by atoms with E-state index < -0.39 is 0 Å². The van der Waals surface area contributed by atoms with E-state index in [1.807, 2.05) is 0 Å². The number of nitrogens with zero attached hydrogens (tertiary/aromatic N) is 2. The highest BCUT2D eigenvalue weighted by Gasteiger charge is 2.17. The average Bonchev–Trinajstić information content (AvgIpc) is 2.98. The Hall–Kier alpha value is -1.36. The minimum atomic E-state index is 0.119. The highest BCUT2D eigenvalue weighted by atomic mass is 16.2. The summed E-state index contributed by atoms with van der Waals surface area (Å²) in [5.74, 6) is 0.940. The Balaban J connectivity index is 1.71. The highest BCUT2D eigenvalue weighted by Crippen LogP contribution is 2.17. The smallest absolute Gasteiger partial charge is 0.236 e. The third-order valence-corrected chi connectivity index (χ3v) is 3.26. The van der Waals surface area contributed by atoms with Crippen molar-refractivity contribution < 1.29 is 4.79 Å². The molecule has 17 heavy (non-hydrogen) atoms. The van der Waals surface area contributed by atoms with Crippen LogP contribution in [0.5, 0.6) is 0 Å². The Kier molecular flexibility index (Phi) is 4.14. The summed E-state index contributed by atoms with van der Waals surface area (Å²) in [5, 5.41) is 3.32. The summed E-state index contributed by atoms with van der Waals surface area (Å²) in [6.07, 6.45) is 8.45. The van der Waals surface area contributed by atoms with Crippen molar-refractivity contribution in [3.05, 3.63) is 18.2 Å². The predicted molar refractivity (Wildman–Crippen MR) is 65.3 cm³/mol. The van der Waals surface area contributed by atoms with E-state index in [1.165, 1.54) is 25.7 Å². The molecule has 1 amide bonds. The van der Waals surface area contributed by atoms with Gasteiger partial charge in [0.25, 0.3) is 0 Å². The Labute approximate surface area is 102 Å². The molecule has 5 nitrogen and oxygen atoms in total. The molecule has 5 heteroatoms. The number of H-pyrrole nitrogens is 1. The molecule has 94 valence electrons. The molecular formula is C12H20N4O. The van der Waals surface area contributed by atoms with Crippen LogP contribution in [0.3, 0.4) is 0 Å². The van der Waals surface area contributed by atoms with Gasteiger partial charge in [0.15, 0.2) is 0 Å². The van der Waals surface area contributed by atoms with Crippen LogP contribution in [-0.2, 0) is 11.3 Å². The summed E-state index contributed by atoms with van der Waals surface area (Å²) in [4.78, 5) is 20.6. The van der Waals surface area contributed by atoms with Gasteiger partial charge >= 0.3 is 0 Å². The minimum absolute atomic E-state index is 0.119. The van der Waals surface area contributed by atoms with Crippen LogP contribution in [0.15, 0.2) is 12.4 Å². The molecular weight excluding hydrogens is 216 g/mol. The van der Waals surface area contributed by atoms with Crippen molar-refractivity contribution in [3.8, 4) is 0 Å². The number of nitrogens with one attached hydrogen (secondary N) is 2. The Morgan fingerprint density at radius 2 is 2.35 bits per heavy atom. The minimum Gasteiger partial charge on any atom is -0.347 e. The summed E-state index contributed by atoms with van der Waals surface area (Å²) in [6, 6.07) is 0.538. The zero-order valence-electron chi connectivity index (χ0n) is 10.3. The van der Waals surface area contributed by atoms with Crippen LogP contribution in [0.1, 0.15) is 31.5 Å². The van der Waals surface area contributed by atoms with Crippen molar-refractivity contribution >= 4 is 5.91 Å². The van der Waals surface area contributed by atoms with Crippen LogP contribution >= 0.6 is 0 Å². The fourth-order valence-electron chi connectivity index (χ4n) is 2.19. The number of carbonyl (C=O) groups is 1. The first kappa shape index (κ1) is 12.1. The van der Waals surface area contributed by atoms with Gasteiger partial charge in [-0.25, -0.2) is 4.98 Å². The number of imidazole rings is 1. The van der Waals surface area contributed by atoms with Crippen molar-refractivity contribution in [2.45, 2.75) is 38.3 Å². The number of hydrogen-bond donors (Lipinski definition) is 2. The van der Waals surface area contributed by atoms with Crippen LogP contribution in [0, 0.1) is 0 Å². The van der Waals surface area contributed by atoms with Crippen molar-refractivity contribution in [1.29, 1.82) is 0 Å². The number of aromatic amines is 1. The highest BCUT2D eigenvalue weighted by molar-refractivity contribution is 5.77. The molecule has 0 atom stereocenters. The molecule has 1 fully saturated rings. The molecule has 0 spiro atoms. The van der Waals surface area contributed by atoms with Crippen LogP contribution in [0.4, 0.5) is 0 Å². The van der Waals surface area contributed by atoms with Crippen LogP contribution in [0.25, 0.3) is 0 Å². The summed E-state index contributed by atoms with van der Waals surface area (Å²) < 4.78 is 0. The fraction of sp³-hybridized carbons (Fsp3) is 0.667. The molecule has 1 aromatic rings. The number of amides is 1. The van der Waals surface area contributed by atoms with E-state index in [1.54, 1.807) is 24.3 Å². The second-order valence-electron chi connectivity index (χ2n) is 4.65. The van der Waals surface area contributed by atoms with Gasteiger partial charge in [-0.3, -0.25) is 4.79 Å². The van der Waals surface area contributed by atoms with Gasteiger partial charge in [0.2, 0.25) is 5.91 Å². The van der Waals surface area contributed by atoms with Crippen molar-refractivity contribution in [3.63, 3.8) is 0 Å². The van der Waals surface area contributed by atoms with Gasteiger partial charge in [-0.15, -0.1) is 0 Å². The van der Waals surface area contributed by atoms with Gasteiger partial charge in [-0.1, -0.05) is 12.8 Å². The molecule has 0 saturated heterocycles. The SMILES string of the molecule is CN(Cc1ncc[nH]1)C(=O)CNC1CCCC1. The number of rotatable bonds is 5. The van der Waals surface area contributed by atoms with Gasteiger partial charge in [-0.2, -0.15) is 0 Å². The molecule has 2 rings (SSSR count). The third-order valence-electron chi connectivity index (χ3n) is 3.26. The second kappa shape index (κ2) is 5.82. The van der Waals surface area contributed by atoms with E-state index >= 15 is 0 Å². The summed E-state index contributed by atoms with van der Waals surface area (Å²) in [5.41, 5.74) is 0. The lowest BCUT2D eigenvalue weighted by Crippen LogP contribution is -2.39. The van der Waals surface area contributed by atoms with Crippen LogP contribution in [-0.4, -0.2) is 40.4 Å². The number of carbonyl (C=O) groups excluding carboxylic acids is 1. The van der Waals surface area contributed by atoms with E-state index in [9.17, 15) is 4.79 Å². The van der Waals surface area contributed by atoms with Gasteiger partial charge in [-0.05, 0) is 12.8 Å². The van der Waals surface area contributed by atoms with E-state index in [2.05, 4.69) is 15.3 Å². The lowest BCUT2D eigenvalue weighted by molar-refractivity contribution is -0.129. The Bertz CT molecular complexity index is 343. The Morgan fingerprint density at radius 3 is 3.00 bits per heavy atom. The molecule has 1 aliphatic carbocycles. The van der Waals surface area contributed by atoms with Crippen molar-refractivity contribution in [2.24, 2.45) is 0 Å². The van der Waals surface area contributed by atoms with Gasteiger partial charge in [0.05, 0.1) is 13.1 Å². The zero-order valence-corrected chi connectivity index (χ0v) is 10.3. The van der Waals surface area contributed by atoms with Crippen molar-refractivity contribution in [2.75, 3.05) is 13.6 Å². The molecule has 2 N–H and O–H groups in total. The summed E-state index contributed by atoms with van der Waals surface area (Å²) in [7, 11) is 1.81. The quantitative estimate of drug-likeness (QED) is 0.798. The standard InChI is InChI=1S/C12H20N4O/c1-16(9-11-13-6-7-14-11)12(17)8-15-10-4-2-3-5-10/h6-7,10,15H,2-5,8-9H2,1H3,(H,13,14). The normalized spacial score (nSPS) is 16.3. The maximum absolute atomic E-state index is 11.8. The zero-order chi connectivity index (χ0) is 12.1. The van der Waals surface area contributed by atoms with Gasteiger partial charge < -0.3 is 15.2 Å². The first-order valence-corrected chi connectivity index (χ1v) is 6.21. The van der Waals surface area contributed by atoms with E-state index in [-0.39, 0.29) is 5.91 Å². The molecule has 0 bridgehead atoms. The third kappa shape index (κ3) is 3.56. The molecule has 1 aliphatic rings.